The van der Waals surface area contributed by atoms with Gasteiger partial charge in [0.25, 0.3) is 0 Å². The van der Waals surface area contributed by atoms with E-state index < -0.39 is 0 Å². The van der Waals surface area contributed by atoms with Gasteiger partial charge in [-0.25, -0.2) is 0 Å². The molecule has 0 radical (unpaired) electrons. The maximum absolute atomic E-state index is 13.0. The van der Waals surface area contributed by atoms with Gasteiger partial charge in [0.05, 0.1) is 24.0 Å². The van der Waals surface area contributed by atoms with E-state index >= 15 is 0 Å². The van der Waals surface area contributed by atoms with Crippen molar-refractivity contribution >= 4 is 11.0 Å². The zero-order valence-electron chi connectivity index (χ0n) is 17.2. The minimum atomic E-state index is -0.228. The molecule has 2 N–H and O–H groups in total. The molecular weight excluding hydrogens is 366 g/mol. The first-order valence-corrected chi connectivity index (χ1v) is 10.3. The van der Waals surface area contributed by atoms with E-state index in [0.717, 1.165) is 30.1 Å². The number of aryl methyl sites for hydroxylation is 2. The lowest BCUT2D eigenvalue weighted by molar-refractivity contribution is -0.919. The van der Waals surface area contributed by atoms with Crippen molar-refractivity contribution in [2.75, 3.05) is 13.1 Å². The number of phenols is 1. The van der Waals surface area contributed by atoms with Gasteiger partial charge in [-0.15, -0.1) is 0 Å². The molecule has 2 aromatic carbocycles. The van der Waals surface area contributed by atoms with Gasteiger partial charge in [0.1, 0.15) is 24.3 Å². The zero-order chi connectivity index (χ0) is 20.5. The molecule has 1 aromatic heterocycles. The van der Waals surface area contributed by atoms with Crippen LogP contribution in [0.3, 0.4) is 0 Å². The molecule has 0 aliphatic carbocycles. The van der Waals surface area contributed by atoms with Crippen LogP contribution in [0.4, 0.5) is 0 Å². The summed E-state index contributed by atoms with van der Waals surface area (Å²) in [5, 5.41) is 10.9. The molecule has 5 heteroatoms. The average molecular weight is 394 g/mol. The second-order valence-electron chi connectivity index (χ2n) is 8.40. The Morgan fingerprint density at radius 3 is 2.52 bits per heavy atom. The molecule has 152 valence electrons. The van der Waals surface area contributed by atoms with Crippen molar-refractivity contribution in [2.45, 2.75) is 40.2 Å². The number of hydrogen-bond donors (Lipinski definition) is 2. The first-order chi connectivity index (χ1) is 13.9. The molecule has 0 bridgehead atoms. The van der Waals surface area contributed by atoms with Gasteiger partial charge < -0.3 is 19.2 Å². The summed E-state index contributed by atoms with van der Waals surface area (Å²) >= 11 is 0. The largest absolute Gasteiger partial charge is 0.507 e. The predicted octanol–water partition coefficient (Wildman–Crippen LogP) is 3.72. The first kappa shape index (κ1) is 19.5. The fraction of sp³-hybridized carbons (Fsp3) is 0.375. The molecule has 1 aliphatic rings. The lowest BCUT2D eigenvalue weighted by Crippen LogP contribution is -3.11. The maximum atomic E-state index is 13.0. The van der Waals surface area contributed by atoms with Crippen molar-refractivity contribution < 1.29 is 19.2 Å². The fourth-order valence-corrected chi connectivity index (χ4v) is 4.19. The first-order valence-electron chi connectivity index (χ1n) is 10.3. The highest BCUT2D eigenvalue weighted by Gasteiger charge is 2.23. The average Bonchev–Trinajstić information content (AvgIpc) is 2.67. The second kappa shape index (κ2) is 7.91. The smallest absolute Gasteiger partial charge is 0.235 e. The van der Waals surface area contributed by atoms with E-state index in [0.29, 0.717) is 28.8 Å². The van der Waals surface area contributed by atoms with Crippen molar-refractivity contribution in [1.29, 1.82) is 0 Å². The van der Waals surface area contributed by atoms with Gasteiger partial charge in [-0.3, -0.25) is 4.79 Å². The van der Waals surface area contributed by atoms with Crippen LogP contribution in [0, 0.1) is 19.8 Å². The number of benzene rings is 2. The molecule has 1 saturated heterocycles. The molecule has 1 aliphatic heterocycles. The molecule has 5 nitrogen and oxygen atoms in total. The molecule has 0 spiro atoms. The van der Waals surface area contributed by atoms with Crippen LogP contribution in [0.1, 0.15) is 36.5 Å². The minimum absolute atomic E-state index is 0.151. The summed E-state index contributed by atoms with van der Waals surface area (Å²) in [5.74, 6) is 1.69. The Balaban J connectivity index is 1.68. The van der Waals surface area contributed by atoms with Gasteiger partial charge in [-0.1, -0.05) is 13.0 Å². The number of piperidine rings is 1. The summed E-state index contributed by atoms with van der Waals surface area (Å²) in [6.07, 6.45) is 3.72. The standard InChI is InChI=1S/C24H27NO4/c1-15-6-8-25(9-7-15)13-20-21(26)5-4-19-23(27)22(14-28-24(19)20)29-18-11-16(2)10-17(3)12-18/h4-5,10-12,14-15,26H,6-9,13H2,1-3H3/p+1. The van der Waals surface area contributed by atoms with Crippen LogP contribution in [0.5, 0.6) is 17.2 Å². The van der Waals surface area contributed by atoms with Gasteiger partial charge >= 0.3 is 0 Å². The van der Waals surface area contributed by atoms with Crippen LogP contribution in [-0.4, -0.2) is 18.2 Å². The van der Waals surface area contributed by atoms with Gasteiger partial charge in [0.15, 0.2) is 5.58 Å². The Kier molecular flexibility index (Phi) is 5.33. The quantitative estimate of drug-likeness (QED) is 0.708. The third kappa shape index (κ3) is 4.15. The number of aromatic hydroxyl groups is 1. The van der Waals surface area contributed by atoms with Crippen molar-refractivity contribution in [3.05, 3.63) is 63.5 Å². The summed E-state index contributed by atoms with van der Waals surface area (Å²) < 4.78 is 11.7. The lowest BCUT2D eigenvalue weighted by atomic mass is 9.98. The van der Waals surface area contributed by atoms with Crippen LogP contribution in [0.25, 0.3) is 11.0 Å². The topological polar surface area (TPSA) is 64.1 Å². The Bertz CT molecular complexity index is 1070. The number of fused-ring (bicyclic) bond motifs is 1. The Labute approximate surface area is 170 Å². The molecule has 29 heavy (non-hydrogen) atoms. The van der Waals surface area contributed by atoms with E-state index in [1.807, 2.05) is 26.0 Å². The third-order valence-electron chi connectivity index (χ3n) is 5.82. The molecule has 0 unspecified atom stereocenters. The summed E-state index contributed by atoms with van der Waals surface area (Å²) in [6, 6.07) is 9.02. The van der Waals surface area contributed by atoms with E-state index in [1.54, 1.807) is 12.1 Å². The monoisotopic (exact) mass is 394 g/mol. The maximum Gasteiger partial charge on any atom is 0.235 e. The third-order valence-corrected chi connectivity index (χ3v) is 5.82. The van der Waals surface area contributed by atoms with Crippen LogP contribution in [-0.2, 0) is 6.54 Å². The lowest BCUT2D eigenvalue weighted by Gasteiger charge is -2.27. The minimum Gasteiger partial charge on any atom is -0.507 e. The van der Waals surface area contributed by atoms with Crippen molar-refractivity contribution in [3.8, 4) is 17.2 Å². The van der Waals surface area contributed by atoms with E-state index in [4.69, 9.17) is 9.15 Å². The fourth-order valence-electron chi connectivity index (χ4n) is 4.19. The molecular formula is C24H28NO4+. The number of phenolic OH excluding ortho intramolecular Hbond substituents is 1. The van der Waals surface area contributed by atoms with Gasteiger partial charge in [0.2, 0.25) is 11.2 Å². The molecule has 2 heterocycles. The molecule has 0 amide bonds. The molecule has 4 rings (SSSR count). The van der Waals surface area contributed by atoms with Crippen molar-refractivity contribution in [1.82, 2.24) is 0 Å². The SMILES string of the molecule is Cc1cc(C)cc(Oc2coc3c(C[NH+]4CCC(C)CC4)c(O)ccc3c2=O)c1. The number of hydrogen-bond acceptors (Lipinski definition) is 4. The highest BCUT2D eigenvalue weighted by atomic mass is 16.5. The number of likely N-dealkylation sites (tertiary alicyclic amines) is 1. The van der Waals surface area contributed by atoms with Gasteiger partial charge in [-0.05, 0) is 68.0 Å². The molecule has 1 fully saturated rings. The summed E-state index contributed by atoms with van der Waals surface area (Å²) in [6.45, 7) is 9.03. The zero-order valence-corrected chi connectivity index (χ0v) is 17.2. The van der Waals surface area contributed by atoms with E-state index in [1.165, 1.54) is 24.0 Å². The Morgan fingerprint density at radius 1 is 1.14 bits per heavy atom. The van der Waals surface area contributed by atoms with E-state index in [2.05, 4.69) is 13.0 Å². The Hall–Kier alpha value is -2.79. The number of ether oxygens (including phenoxy) is 1. The van der Waals surface area contributed by atoms with Crippen LogP contribution < -0.4 is 15.1 Å². The Morgan fingerprint density at radius 2 is 1.83 bits per heavy atom. The van der Waals surface area contributed by atoms with Crippen LogP contribution >= 0.6 is 0 Å². The number of nitrogens with one attached hydrogen (secondary N) is 1. The van der Waals surface area contributed by atoms with E-state index in [-0.39, 0.29) is 16.9 Å². The van der Waals surface area contributed by atoms with Gasteiger partial charge in [-0.2, -0.15) is 0 Å². The predicted molar refractivity (Wildman–Crippen MR) is 113 cm³/mol. The molecule has 0 atom stereocenters. The second-order valence-corrected chi connectivity index (χ2v) is 8.40. The summed E-state index contributed by atoms with van der Waals surface area (Å²) in [4.78, 5) is 14.4. The summed E-state index contributed by atoms with van der Waals surface area (Å²) in [5.41, 5.74) is 3.05. The highest BCUT2D eigenvalue weighted by molar-refractivity contribution is 5.82. The van der Waals surface area contributed by atoms with Gasteiger partial charge in [0, 0.05) is 0 Å². The molecule has 0 saturated carbocycles. The van der Waals surface area contributed by atoms with Crippen molar-refractivity contribution in [3.63, 3.8) is 0 Å². The number of rotatable bonds is 4. The van der Waals surface area contributed by atoms with Crippen LogP contribution in [0.15, 0.2) is 45.8 Å². The summed E-state index contributed by atoms with van der Waals surface area (Å²) in [7, 11) is 0. The highest BCUT2D eigenvalue weighted by Crippen LogP contribution is 2.28. The molecule has 3 aromatic rings. The normalized spacial score (nSPS) is 19.4. The van der Waals surface area contributed by atoms with Crippen LogP contribution in [0.2, 0.25) is 0 Å². The van der Waals surface area contributed by atoms with Crippen molar-refractivity contribution in [2.24, 2.45) is 5.92 Å². The number of quaternary nitrogens is 1. The van der Waals surface area contributed by atoms with E-state index in [9.17, 15) is 9.90 Å².